The van der Waals surface area contributed by atoms with Crippen molar-refractivity contribution in [1.29, 1.82) is 0 Å². The lowest BCUT2D eigenvalue weighted by Crippen LogP contribution is -2.54. The fraction of sp³-hybridized carbons (Fsp3) is 0.467. The quantitative estimate of drug-likeness (QED) is 0.713. The molecule has 1 rings (SSSR count). The highest BCUT2D eigenvalue weighted by molar-refractivity contribution is 5.78. The van der Waals surface area contributed by atoms with Crippen molar-refractivity contribution in [3.8, 4) is 0 Å². The Balaban J connectivity index is 2.57. The maximum absolute atomic E-state index is 11.6. The predicted molar refractivity (Wildman–Crippen MR) is 77.9 cm³/mol. The van der Waals surface area contributed by atoms with Gasteiger partial charge in [0.15, 0.2) is 0 Å². The molecule has 1 unspecified atom stereocenters. The summed E-state index contributed by atoms with van der Waals surface area (Å²) in [5.41, 5.74) is 1.15. The van der Waals surface area contributed by atoms with Gasteiger partial charge in [0, 0.05) is 7.11 Å². The van der Waals surface area contributed by atoms with Gasteiger partial charge in [0.25, 0.3) is 0 Å². The molecule has 0 radical (unpaired) electrons. The number of hydroxylamine groups is 1. The SMILES string of the molecule is COCC(ONC(=O)OCc1ccccc1)(C(=O)O)C(C)C. The smallest absolute Gasteiger partial charge is 0.431 e. The number of carboxylic acids is 1. The maximum Gasteiger partial charge on any atom is 0.431 e. The zero-order chi connectivity index (χ0) is 16.6. The summed E-state index contributed by atoms with van der Waals surface area (Å²) < 4.78 is 9.85. The Hall–Kier alpha value is -2.12. The first-order valence-electron chi connectivity index (χ1n) is 6.79. The molecule has 0 bridgehead atoms. The average molecular weight is 311 g/mol. The van der Waals surface area contributed by atoms with Crippen LogP contribution in [0.4, 0.5) is 4.79 Å². The number of carbonyl (C=O) groups is 2. The molecular weight excluding hydrogens is 290 g/mol. The lowest BCUT2D eigenvalue weighted by Gasteiger charge is -2.31. The average Bonchev–Trinajstić information content (AvgIpc) is 2.49. The number of benzene rings is 1. The molecule has 0 aromatic heterocycles. The van der Waals surface area contributed by atoms with Crippen LogP contribution in [-0.2, 0) is 25.7 Å². The number of carboxylic acid groups (broad SMARTS) is 1. The van der Waals surface area contributed by atoms with Gasteiger partial charge in [-0.3, -0.25) is 0 Å². The van der Waals surface area contributed by atoms with E-state index in [0.29, 0.717) is 0 Å². The Kier molecular flexibility index (Phi) is 6.81. The number of nitrogens with one attached hydrogen (secondary N) is 1. The molecule has 0 fully saturated rings. The minimum Gasteiger partial charge on any atom is -0.479 e. The molecule has 0 spiro atoms. The van der Waals surface area contributed by atoms with Crippen LogP contribution in [0.2, 0.25) is 0 Å². The number of methoxy groups -OCH3 is 1. The highest BCUT2D eigenvalue weighted by Gasteiger charge is 2.45. The summed E-state index contributed by atoms with van der Waals surface area (Å²) in [5.74, 6) is -1.66. The van der Waals surface area contributed by atoms with Crippen molar-refractivity contribution >= 4 is 12.1 Å². The second kappa shape index (κ2) is 8.35. The number of aliphatic carboxylic acids is 1. The zero-order valence-electron chi connectivity index (χ0n) is 12.9. The van der Waals surface area contributed by atoms with Crippen LogP contribution in [0, 0.1) is 5.92 Å². The third kappa shape index (κ3) is 4.71. The molecule has 7 nitrogen and oxygen atoms in total. The molecule has 0 aliphatic rings. The van der Waals surface area contributed by atoms with Crippen LogP contribution in [-0.4, -0.2) is 36.5 Å². The number of carbonyl (C=O) groups excluding carboxylic acids is 1. The van der Waals surface area contributed by atoms with Crippen molar-refractivity contribution in [2.75, 3.05) is 13.7 Å². The summed E-state index contributed by atoms with van der Waals surface area (Å²) in [7, 11) is 1.36. The Bertz CT molecular complexity index is 490. The Morgan fingerprint density at radius 1 is 1.27 bits per heavy atom. The topological polar surface area (TPSA) is 94.1 Å². The monoisotopic (exact) mass is 311 g/mol. The highest BCUT2D eigenvalue weighted by Crippen LogP contribution is 2.22. The van der Waals surface area contributed by atoms with Crippen molar-refractivity contribution in [2.24, 2.45) is 5.92 Å². The van der Waals surface area contributed by atoms with E-state index in [1.165, 1.54) is 7.11 Å². The van der Waals surface area contributed by atoms with Gasteiger partial charge in [-0.05, 0) is 11.5 Å². The summed E-state index contributed by atoms with van der Waals surface area (Å²) in [6, 6.07) is 9.09. The fourth-order valence-corrected chi connectivity index (χ4v) is 1.77. The number of amides is 1. The number of rotatable bonds is 8. The molecule has 0 heterocycles. The van der Waals surface area contributed by atoms with Gasteiger partial charge in [0.1, 0.15) is 6.61 Å². The van der Waals surface area contributed by atoms with Crippen LogP contribution in [0.3, 0.4) is 0 Å². The van der Waals surface area contributed by atoms with Crippen LogP contribution in [0.1, 0.15) is 19.4 Å². The summed E-state index contributed by atoms with van der Waals surface area (Å²) >= 11 is 0. The van der Waals surface area contributed by atoms with E-state index in [9.17, 15) is 14.7 Å². The van der Waals surface area contributed by atoms with Crippen LogP contribution in [0.15, 0.2) is 30.3 Å². The molecule has 2 N–H and O–H groups in total. The second-order valence-electron chi connectivity index (χ2n) is 5.05. The Labute approximate surface area is 129 Å². The fourth-order valence-electron chi connectivity index (χ4n) is 1.77. The van der Waals surface area contributed by atoms with E-state index in [0.717, 1.165) is 5.56 Å². The summed E-state index contributed by atoms with van der Waals surface area (Å²) in [4.78, 5) is 28.2. The standard InChI is InChI=1S/C15H21NO6/c1-11(2)15(10-20-3,13(17)18)22-16-14(19)21-9-12-7-5-4-6-8-12/h4-8,11H,9-10H2,1-3H3,(H,16,19)(H,17,18). The number of hydrogen-bond donors (Lipinski definition) is 2. The molecule has 1 amide bonds. The largest absolute Gasteiger partial charge is 0.479 e. The zero-order valence-corrected chi connectivity index (χ0v) is 12.9. The molecule has 0 saturated carbocycles. The van der Waals surface area contributed by atoms with E-state index in [1.807, 2.05) is 23.7 Å². The van der Waals surface area contributed by atoms with E-state index in [2.05, 4.69) is 0 Å². The maximum atomic E-state index is 11.6. The third-order valence-corrected chi connectivity index (χ3v) is 3.18. The summed E-state index contributed by atoms with van der Waals surface area (Å²) in [5, 5.41) is 9.35. The Morgan fingerprint density at radius 2 is 1.91 bits per heavy atom. The van der Waals surface area contributed by atoms with Crippen LogP contribution in [0.5, 0.6) is 0 Å². The Morgan fingerprint density at radius 3 is 2.41 bits per heavy atom. The lowest BCUT2D eigenvalue weighted by atomic mass is 9.91. The number of hydrogen-bond acceptors (Lipinski definition) is 5. The van der Waals surface area contributed by atoms with Gasteiger partial charge >= 0.3 is 12.1 Å². The van der Waals surface area contributed by atoms with E-state index in [1.54, 1.807) is 26.0 Å². The van der Waals surface area contributed by atoms with Crippen molar-refractivity contribution in [3.63, 3.8) is 0 Å². The molecule has 1 aromatic carbocycles. The molecule has 0 aliphatic carbocycles. The second-order valence-corrected chi connectivity index (χ2v) is 5.05. The van der Waals surface area contributed by atoms with Crippen LogP contribution < -0.4 is 5.48 Å². The van der Waals surface area contributed by atoms with Gasteiger partial charge in [0.2, 0.25) is 5.60 Å². The first kappa shape index (κ1) is 17.9. The summed E-state index contributed by atoms with van der Waals surface area (Å²) in [6.45, 7) is 3.16. The van der Waals surface area contributed by atoms with Gasteiger partial charge in [-0.2, -0.15) is 5.48 Å². The molecule has 1 atom stereocenters. The molecule has 7 heteroatoms. The number of ether oxygens (including phenoxy) is 2. The molecule has 0 aliphatic heterocycles. The lowest BCUT2D eigenvalue weighted by molar-refractivity contribution is -0.194. The molecule has 122 valence electrons. The minimum atomic E-state index is -1.68. The van der Waals surface area contributed by atoms with Gasteiger partial charge in [0.05, 0.1) is 6.61 Å². The van der Waals surface area contributed by atoms with E-state index in [-0.39, 0.29) is 13.2 Å². The first-order chi connectivity index (χ1) is 10.4. The first-order valence-corrected chi connectivity index (χ1v) is 6.79. The third-order valence-electron chi connectivity index (χ3n) is 3.18. The van der Waals surface area contributed by atoms with Crippen molar-refractivity contribution < 1.29 is 29.0 Å². The molecule has 22 heavy (non-hydrogen) atoms. The minimum absolute atomic E-state index is 0.0576. The van der Waals surface area contributed by atoms with Gasteiger partial charge < -0.3 is 14.6 Å². The highest BCUT2D eigenvalue weighted by atomic mass is 16.7. The van der Waals surface area contributed by atoms with E-state index < -0.39 is 23.6 Å². The van der Waals surface area contributed by atoms with Crippen molar-refractivity contribution in [2.45, 2.75) is 26.1 Å². The predicted octanol–water partition coefficient (Wildman–Crippen LogP) is 1.97. The summed E-state index contributed by atoms with van der Waals surface area (Å²) in [6.07, 6.45) is -0.869. The van der Waals surface area contributed by atoms with Crippen molar-refractivity contribution in [3.05, 3.63) is 35.9 Å². The van der Waals surface area contributed by atoms with Gasteiger partial charge in [-0.25, -0.2) is 14.4 Å². The van der Waals surface area contributed by atoms with Crippen LogP contribution in [0.25, 0.3) is 0 Å². The molecular formula is C15H21NO6. The van der Waals surface area contributed by atoms with Gasteiger partial charge in [-0.1, -0.05) is 44.2 Å². The van der Waals surface area contributed by atoms with E-state index >= 15 is 0 Å². The normalized spacial score (nSPS) is 13.5. The van der Waals surface area contributed by atoms with Crippen molar-refractivity contribution in [1.82, 2.24) is 5.48 Å². The van der Waals surface area contributed by atoms with Crippen LogP contribution >= 0.6 is 0 Å². The molecule has 0 saturated heterocycles. The van der Waals surface area contributed by atoms with E-state index in [4.69, 9.17) is 14.3 Å². The molecule has 1 aromatic rings. The van der Waals surface area contributed by atoms with Gasteiger partial charge in [-0.15, -0.1) is 0 Å².